The van der Waals surface area contributed by atoms with E-state index in [2.05, 4.69) is 10.3 Å². The highest BCUT2D eigenvalue weighted by Crippen LogP contribution is 2.47. The Morgan fingerprint density at radius 1 is 1.50 bits per heavy atom. The molecule has 0 spiro atoms. The number of nitrogens with one attached hydrogen (secondary N) is 1. The SMILES string of the molecule is CC1(C)C(=O)N(CCCO)C2=CC(NC(=O)c3ccncc3F)=CCC21. The minimum absolute atomic E-state index is 0.00288. The minimum Gasteiger partial charge on any atom is -0.396 e. The summed E-state index contributed by atoms with van der Waals surface area (Å²) in [4.78, 5) is 30.4. The van der Waals surface area contributed by atoms with Gasteiger partial charge in [0.05, 0.1) is 17.2 Å². The van der Waals surface area contributed by atoms with E-state index in [0.717, 1.165) is 11.9 Å². The van der Waals surface area contributed by atoms with Crippen molar-refractivity contribution in [3.63, 3.8) is 0 Å². The Labute approximate surface area is 151 Å². The van der Waals surface area contributed by atoms with Gasteiger partial charge in [-0.25, -0.2) is 4.39 Å². The van der Waals surface area contributed by atoms with Gasteiger partial charge in [0, 0.05) is 36.7 Å². The predicted octanol–water partition coefficient (Wildman–Crippen LogP) is 1.99. The number of fused-ring (bicyclic) bond motifs is 1. The van der Waals surface area contributed by atoms with E-state index in [9.17, 15) is 14.0 Å². The van der Waals surface area contributed by atoms with E-state index in [1.807, 2.05) is 19.9 Å². The molecule has 0 radical (unpaired) electrons. The topological polar surface area (TPSA) is 82.5 Å². The molecule has 1 unspecified atom stereocenters. The van der Waals surface area contributed by atoms with Crippen molar-refractivity contribution in [3.05, 3.63) is 53.4 Å². The van der Waals surface area contributed by atoms with Gasteiger partial charge in [-0.05, 0) is 25.0 Å². The molecule has 3 rings (SSSR count). The normalized spacial score (nSPS) is 21.2. The summed E-state index contributed by atoms with van der Waals surface area (Å²) < 4.78 is 13.7. The van der Waals surface area contributed by atoms with Crippen LogP contribution in [0.5, 0.6) is 0 Å². The van der Waals surface area contributed by atoms with Crippen LogP contribution < -0.4 is 5.32 Å². The Morgan fingerprint density at radius 2 is 2.27 bits per heavy atom. The van der Waals surface area contributed by atoms with Crippen LogP contribution in [0.3, 0.4) is 0 Å². The van der Waals surface area contributed by atoms with Crippen molar-refractivity contribution in [2.75, 3.05) is 13.2 Å². The Bertz CT molecular complexity index is 801. The fourth-order valence-electron chi connectivity index (χ4n) is 3.53. The van der Waals surface area contributed by atoms with E-state index in [4.69, 9.17) is 5.11 Å². The lowest BCUT2D eigenvalue weighted by atomic mass is 9.76. The van der Waals surface area contributed by atoms with Crippen LogP contribution in [0.15, 0.2) is 42.0 Å². The van der Waals surface area contributed by atoms with E-state index in [0.29, 0.717) is 25.1 Å². The largest absolute Gasteiger partial charge is 0.396 e. The molecule has 0 bridgehead atoms. The summed E-state index contributed by atoms with van der Waals surface area (Å²) in [6.45, 7) is 4.26. The first-order valence-corrected chi connectivity index (χ1v) is 8.61. The molecule has 2 aliphatic rings. The van der Waals surface area contributed by atoms with Gasteiger partial charge < -0.3 is 15.3 Å². The lowest BCUT2D eigenvalue weighted by Crippen LogP contribution is -2.32. The highest BCUT2D eigenvalue weighted by molar-refractivity contribution is 5.96. The van der Waals surface area contributed by atoms with Gasteiger partial charge in [0.25, 0.3) is 5.91 Å². The standard InChI is InChI=1S/C19H22FN3O3/c1-19(2)14-5-4-12(10-16(14)23(18(19)26)8-3-9-24)22-17(25)13-6-7-21-11-15(13)20/h4,6-7,10-11,14,24H,3,5,8-9H2,1-2H3,(H,22,25). The fraction of sp³-hybridized carbons (Fsp3) is 0.421. The lowest BCUT2D eigenvalue weighted by Gasteiger charge is -2.26. The van der Waals surface area contributed by atoms with Crippen LogP contribution in [-0.2, 0) is 4.79 Å². The Morgan fingerprint density at radius 3 is 2.96 bits per heavy atom. The molecular formula is C19H22FN3O3. The van der Waals surface area contributed by atoms with Crippen molar-refractivity contribution >= 4 is 11.8 Å². The minimum atomic E-state index is -0.686. The molecule has 1 saturated heterocycles. The highest BCUT2D eigenvalue weighted by Gasteiger charge is 2.50. The molecule has 1 aromatic heterocycles. The third-order valence-corrected chi connectivity index (χ3v) is 5.03. The number of hydrogen-bond acceptors (Lipinski definition) is 4. The average Bonchev–Trinajstić information content (AvgIpc) is 2.80. The maximum absolute atomic E-state index is 13.7. The van der Waals surface area contributed by atoms with Gasteiger partial charge in [-0.3, -0.25) is 14.6 Å². The maximum Gasteiger partial charge on any atom is 0.258 e. The molecule has 6 nitrogen and oxygen atoms in total. The molecule has 0 aromatic carbocycles. The van der Waals surface area contributed by atoms with Crippen molar-refractivity contribution in [2.45, 2.75) is 26.7 Å². The summed E-state index contributed by atoms with van der Waals surface area (Å²) in [6.07, 6.45) is 7.07. The van der Waals surface area contributed by atoms with E-state index in [-0.39, 0.29) is 24.0 Å². The first kappa shape index (κ1) is 18.3. The predicted molar refractivity (Wildman–Crippen MR) is 93.1 cm³/mol. The molecule has 0 saturated carbocycles. The number of likely N-dealkylation sites (tertiary alicyclic amines) is 1. The number of nitrogens with zero attached hydrogens (tertiary/aromatic N) is 2. The molecule has 138 valence electrons. The summed E-state index contributed by atoms with van der Waals surface area (Å²) >= 11 is 0. The van der Waals surface area contributed by atoms with E-state index in [1.54, 1.807) is 11.0 Å². The molecule has 1 aromatic rings. The van der Waals surface area contributed by atoms with Crippen molar-refractivity contribution < 1.29 is 19.1 Å². The number of amides is 2. The van der Waals surface area contributed by atoms with Crippen LogP contribution in [0, 0.1) is 17.2 Å². The number of aliphatic hydroxyl groups is 1. The van der Waals surface area contributed by atoms with Crippen LogP contribution >= 0.6 is 0 Å². The molecule has 1 aliphatic heterocycles. The quantitative estimate of drug-likeness (QED) is 0.842. The molecule has 2 heterocycles. The number of aliphatic hydroxyl groups excluding tert-OH is 1. The molecule has 26 heavy (non-hydrogen) atoms. The number of rotatable bonds is 5. The van der Waals surface area contributed by atoms with Gasteiger partial charge >= 0.3 is 0 Å². The van der Waals surface area contributed by atoms with Gasteiger partial charge in [-0.15, -0.1) is 0 Å². The van der Waals surface area contributed by atoms with Gasteiger partial charge in [-0.2, -0.15) is 0 Å². The van der Waals surface area contributed by atoms with Crippen LogP contribution in [0.4, 0.5) is 4.39 Å². The number of pyridine rings is 1. The zero-order chi connectivity index (χ0) is 18.9. The first-order chi connectivity index (χ1) is 12.4. The van der Waals surface area contributed by atoms with Gasteiger partial charge in [0.15, 0.2) is 5.82 Å². The number of aromatic nitrogens is 1. The van der Waals surface area contributed by atoms with Crippen molar-refractivity contribution in [1.82, 2.24) is 15.2 Å². The maximum atomic E-state index is 13.7. The Kier molecular flexibility index (Phi) is 4.91. The van der Waals surface area contributed by atoms with E-state index >= 15 is 0 Å². The first-order valence-electron chi connectivity index (χ1n) is 8.61. The number of carbonyl (C=O) groups excluding carboxylic acids is 2. The van der Waals surface area contributed by atoms with Crippen molar-refractivity contribution in [3.8, 4) is 0 Å². The fourth-order valence-corrected chi connectivity index (χ4v) is 3.53. The third kappa shape index (κ3) is 3.14. The molecule has 1 atom stereocenters. The van der Waals surface area contributed by atoms with Crippen LogP contribution in [0.1, 0.15) is 37.0 Å². The molecule has 1 aliphatic carbocycles. The van der Waals surface area contributed by atoms with E-state index < -0.39 is 17.1 Å². The molecule has 1 fully saturated rings. The highest BCUT2D eigenvalue weighted by atomic mass is 19.1. The lowest BCUT2D eigenvalue weighted by molar-refractivity contribution is -0.134. The van der Waals surface area contributed by atoms with Gasteiger partial charge in [0.2, 0.25) is 5.91 Å². The molecule has 2 N–H and O–H groups in total. The van der Waals surface area contributed by atoms with Crippen LogP contribution in [0.2, 0.25) is 0 Å². The van der Waals surface area contributed by atoms with Gasteiger partial charge in [0.1, 0.15) is 0 Å². The zero-order valence-corrected chi connectivity index (χ0v) is 14.8. The van der Waals surface area contributed by atoms with Gasteiger partial charge in [-0.1, -0.05) is 19.9 Å². The zero-order valence-electron chi connectivity index (χ0n) is 14.8. The summed E-state index contributed by atoms with van der Waals surface area (Å²) in [5.74, 6) is -1.21. The number of halogens is 1. The summed E-state index contributed by atoms with van der Waals surface area (Å²) in [6, 6.07) is 1.32. The Balaban J connectivity index is 1.83. The van der Waals surface area contributed by atoms with Crippen molar-refractivity contribution in [1.29, 1.82) is 0 Å². The summed E-state index contributed by atoms with van der Waals surface area (Å²) in [7, 11) is 0. The number of allylic oxidation sites excluding steroid dienone is 3. The second-order valence-electron chi connectivity index (χ2n) is 7.08. The van der Waals surface area contributed by atoms with Crippen LogP contribution in [0.25, 0.3) is 0 Å². The summed E-state index contributed by atoms with van der Waals surface area (Å²) in [5.41, 5.74) is 0.754. The second-order valence-corrected chi connectivity index (χ2v) is 7.08. The Hall–Kier alpha value is -2.54. The second kappa shape index (κ2) is 6.99. The van der Waals surface area contributed by atoms with E-state index in [1.165, 1.54) is 12.3 Å². The molecular weight excluding hydrogens is 337 g/mol. The third-order valence-electron chi connectivity index (χ3n) is 5.03. The molecule has 2 amide bonds. The monoisotopic (exact) mass is 359 g/mol. The summed E-state index contributed by atoms with van der Waals surface area (Å²) in [5, 5.41) is 11.8. The number of hydrogen-bond donors (Lipinski definition) is 2. The molecule has 7 heteroatoms. The van der Waals surface area contributed by atoms with Crippen molar-refractivity contribution in [2.24, 2.45) is 11.3 Å². The number of carbonyl (C=O) groups is 2. The smallest absolute Gasteiger partial charge is 0.258 e. The van der Waals surface area contributed by atoms with Crippen LogP contribution in [-0.4, -0.2) is 40.0 Å². The average molecular weight is 359 g/mol.